The van der Waals surface area contributed by atoms with Gasteiger partial charge in [0, 0.05) is 22.8 Å². The molecule has 2 rings (SSSR count). The van der Waals surface area contributed by atoms with Crippen LogP contribution < -0.4 is 16.0 Å². The summed E-state index contributed by atoms with van der Waals surface area (Å²) in [6.45, 7) is 5.95. The third-order valence-corrected chi connectivity index (χ3v) is 4.52. The number of carbonyl (C=O) groups excluding carboxylic acids is 2. The topological polar surface area (TPSA) is 70.2 Å². The van der Waals surface area contributed by atoms with Crippen molar-refractivity contribution in [1.82, 2.24) is 5.32 Å². The highest BCUT2D eigenvalue weighted by Gasteiger charge is 2.11. The third-order valence-electron chi connectivity index (χ3n) is 4.27. The molecule has 1 unspecified atom stereocenters. The van der Waals surface area contributed by atoms with Gasteiger partial charge in [0.25, 0.3) is 0 Å². The Morgan fingerprint density at radius 3 is 2.37 bits per heavy atom. The Balaban J connectivity index is 1.92. The minimum atomic E-state index is -0.114. The van der Waals surface area contributed by atoms with E-state index in [1.165, 1.54) is 0 Å². The van der Waals surface area contributed by atoms with E-state index in [0.717, 1.165) is 28.9 Å². The molecular formula is C21H26ClN3O2. The number of rotatable bonds is 8. The van der Waals surface area contributed by atoms with Gasteiger partial charge in [-0.15, -0.1) is 0 Å². The van der Waals surface area contributed by atoms with Crippen molar-refractivity contribution in [3.8, 4) is 0 Å². The zero-order valence-corrected chi connectivity index (χ0v) is 16.7. The predicted octanol–water partition coefficient (Wildman–Crippen LogP) is 4.68. The molecular weight excluding hydrogens is 362 g/mol. The minimum Gasteiger partial charge on any atom is -0.376 e. The first kappa shape index (κ1) is 20.8. The Morgan fingerprint density at radius 1 is 1.04 bits per heavy atom. The van der Waals surface area contributed by atoms with Crippen LogP contribution in [-0.4, -0.2) is 18.4 Å². The van der Waals surface area contributed by atoms with Crippen molar-refractivity contribution in [1.29, 1.82) is 0 Å². The fraction of sp³-hybridized carbons (Fsp3) is 0.333. The molecule has 0 fully saturated rings. The van der Waals surface area contributed by atoms with Gasteiger partial charge in [0.15, 0.2) is 0 Å². The summed E-state index contributed by atoms with van der Waals surface area (Å²) in [5.41, 5.74) is 3.47. The number of amides is 2. The van der Waals surface area contributed by atoms with Gasteiger partial charge >= 0.3 is 0 Å². The lowest BCUT2D eigenvalue weighted by Gasteiger charge is -2.17. The smallest absolute Gasteiger partial charge is 0.239 e. The molecule has 2 amide bonds. The maximum atomic E-state index is 12.3. The minimum absolute atomic E-state index is 0.00715. The third kappa shape index (κ3) is 6.29. The summed E-state index contributed by atoms with van der Waals surface area (Å²) >= 11 is 5.89. The van der Waals surface area contributed by atoms with Crippen LogP contribution in [0.3, 0.4) is 0 Å². The van der Waals surface area contributed by atoms with Crippen LogP contribution in [0, 0.1) is 6.92 Å². The van der Waals surface area contributed by atoms with E-state index in [1.54, 1.807) is 12.1 Å². The molecule has 0 saturated carbocycles. The molecule has 0 aromatic heterocycles. The highest BCUT2D eigenvalue weighted by Crippen LogP contribution is 2.23. The van der Waals surface area contributed by atoms with Gasteiger partial charge in [-0.25, -0.2) is 0 Å². The number of anilines is 2. The molecule has 6 heteroatoms. The van der Waals surface area contributed by atoms with Crippen LogP contribution in [0.25, 0.3) is 0 Å². The van der Waals surface area contributed by atoms with Crippen molar-refractivity contribution in [3.05, 3.63) is 58.6 Å². The number of nitrogens with one attached hydrogen (secondary N) is 3. The van der Waals surface area contributed by atoms with Gasteiger partial charge in [-0.05, 0) is 55.7 Å². The van der Waals surface area contributed by atoms with E-state index in [2.05, 4.69) is 16.0 Å². The molecule has 0 aliphatic carbocycles. The predicted molar refractivity (Wildman–Crippen MR) is 111 cm³/mol. The van der Waals surface area contributed by atoms with Crippen LogP contribution in [0.1, 0.15) is 43.9 Å². The Bertz CT molecular complexity index is 791. The summed E-state index contributed by atoms with van der Waals surface area (Å²) in [5, 5.41) is 9.67. The second-order valence-corrected chi connectivity index (χ2v) is 6.91. The average Bonchev–Trinajstić information content (AvgIpc) is 2.63. The largest absolute Gasteiger partial charge is 0.376 e. The molecule has 2 aromatic carbocycles. The van der Waals surface area contributed by atoms with E-state index in [1.807, 2.05) is 51.1 Å². The van der Waals surface area contributed by atoms with E-state index < -0.39 is 0 Å². The maximum Gasteiger partial charge on any atom is 0.239 e. The maximum absolute atomic E-state index is 12.3. The van der Waals surface area contributed by atoms with E-state index in [9.17, 15) is 9.59 Å². The molecule has 0 bridgehead atoms. The fourth-order valence-corrected chi connectivity index (χ4v) is 2.83. The number of hydrogen-bond acceptors (Lipinski definition) is 3. The summed E-state index contributed by atoms with van der Waals surface area (Å²) in [7, 11) is 0. The lowest BCUT2D eigenvalue weighted by atomic mass is 10.1. The number of halogens is 1. The van der Waals surface area contributed by atoms with Gasteiger partial charge in [-0.1, -0.05) is 36.7 Å². The van der Waals surface area contributed by atoms with Crippen LogP contribution in [0.5, 0.6) is 0 Å². The molecule has 144 valence electrons. The van der Waals surface area contributed by atoms with Crippen LogP contribution in [-0.2, 0) is 9.59 Å². The highest BCUT2D eigenvalue weighted by molar-refractivity contribution is 6.30. The van der Waals surface area contributed by atoms with Crippen LogP contribution in [0.15, 0.2) is 42.5 Å². The van der Waals surface area contributed by atoms with Crippen molar-refractivity contribution in [2.24, 2.45) is 0 Å². The molecule has 3 N–H and O–H groups in total. The lowest BCUT2D eigenvalue weighted by Crippen LogP contribution is -2.32. The van der Waals surface area contributed by atoms with Crippen LogP contribution in [0.2, 0.25) is 5.02 Å². The second-order valence-electron chi connectivity index (χ2n) is 6.47. The molecule has 0 aliphatic heterocycles. The molecule has 0 aliphatic rings. The molecule has 27 heavy (non-hydrogen) atoms. The van der Waals surface area contributed by atoms with Gasteiger partial charge in [0.05, 0.1) is 12.6 Å². The van der Waals surface area contributed by atoms with Crippen molar-refractivity contribution in [2.75, 3.05) is 17.2 Å². The van der Waals surface area contributed by atoms with Crippen molar-refractivity contribution in [3.63, 3.8) is 0 Å². The summed E-state index contributed by atoms with van der Waals surface area (Å²) < 4.78 is 0. The van der Waals surface area contributed by atoms with Gasteiger partial charge in [0.2, 0.25) is 11.8 Å². The molecule has 1 atom stereocenters. The number of hydrogen-bond donors (Lipinski definition) is 3. The second kappa shape index (κ2) is 9.97. The SMILES string of the molecule is CCCC(=O)Nc1cccc(NCC(=O)NC(C)c2ccc(Cl)cc2)c1C. The van der Waals surface area contributed by atoms with Gasteiger partial charge in [0.1, 0.15) is 0 Å². The van der Waals surface area contributed by atoms with E-state index >= 15 is 0 Å². The van der Waals surface area contributed by atoms with E-state index in [-0.39, 0.29) is 24.4 Å². The number of benzene rings is 2. The van der Waals surface area contributed by atoms with E-state index in [4.69, 9.17) is 11.6 Å². The zero-order chi connectivity index (χ0) is 19.8. The van der Waals surface area contributed by atoms with Crippen molar-refractivity contribution in [2.45, 2.75) is 39.7 Å². The fourth-order valence-electron chi connectivity index (χ4n) is 2.71. The Kier molecular flexibility index (Phi) is 7.67. The van der Waals surface area contributed by atoms with Crippen LogP contribution >= 0.6 is 11.6 Å². The Hall–Kier alpha value is -2.53. The zero-order valence-electron chi connectivity index (χ0n) is 15.9. The first-order valence-corrected chi connectivity index (χ1v) is 9.46. The molecule has 0 spiro atoms. The Labute approximate surface area is 165 Å². The first-order valence-electron chi connectivity index (χ1n) is 9.09. The van der Waals surface area contributed by atoms with Gasteiger partial charge in [-0.3, -0.25) is 9.59 Å². The molecule has 0 saturated heterocycles. The molecule has 5 nitrogen and oxygen atoms in total. The standard InChI is InChI=1S/C21H26ClN3O2/c1-4-6-20(26)25-19-8-5-7-18(14(19)2)23-13-21(27)24-15(3)16-9-11-17(22)12-10-16/h5,7-12,15,23H,4,6,13H2,1-3H3,(H,24,27)(H,25,26). The molecule has 0 radical (unpaired) electrons. The summed E-state index contributed by atoms with van der Waals surface area (Å²) in [6, 6.07) is 12.9. The first-order chi connectivity index (χ1) is 12.9. The van der Waals surface area contributed by atoms with Crippen molar-refractivity contribution < 1.29 is 9.59 Å². The summed E-state index contributed by atoms with van der Waals surface area (Å²) in [5.74, 6) is -0.121. The highest BCUT2D eigenvalue weighted by atomic mass is 35.5. The summed E-state index contributed by atoms with van der Waals surface area (Å²) in [4.78, 5) is 24.1. The van der Waals surface area contributed by atoms with Gasteiger partial charge in [-0.2, -0.15) is 0 Å². The molecule has 2 aromatic rings. The molecule has 0 heterocycles. The van der Waals surface area contributed by atoms with Crippen LogP contribution in [0.4, 0.5) is 11.4 Å². The summed E-state index contributed by atoms with van der Waals surface area (Å²) in [6.07, 6.45) is 1.29. The Morgan fingerprint density at radius 2 is 1.70 bits per heavy atom. The monoisotopic (exact) mass is 387 g/mol. The van der Waals surface area contributed by atoms with Crippen molar-refractivity contribution >= 4 is 34.8 Å². The van der Waals surface area contributed by atoms with E-state index in [0.29, 0.717) is 11.4 Å². The quantitative estimate of drug-likeness (QED) is 0.616. The number of carbonyl (C=O) groups is 2. The lowest BCUT2D eigenvalue weighted by molar-refractivity contribution is -0.120. The average molecular weight is 388 g/mol. The normalized spacial score (nSPS) is 11.6. The van der Waals surface area contributed by atoms with Gasteiger partial charge < -0.3 is 16.0 Å².